The van der Waals surface area contributed by atoms with E-state index in [1.165, 1.54) is 29.4 Å². The molecule has 0 radical (unpaired) electrons. The Labute approximate surface area is 292 Å². The lowest BCUT2D eigenvalue weighted by Gasteiger charge is -2.29. The summed E-state index contributed by atoms with van der Waals surface area (Å²) in [5.41, 5.74) is -0.864. The van der Waals surface area contributed by atoms with Gasteiger partial charge in [-0.3, -0.25) is 23.9 Å². The van der Waals surface area contributed by atoms with E-state index in [9.17, 15) is 32.0 Å². The molecule has 17 heteroatoms. The number of benzene rings is 1. The minimum Gasteiger partial charge on any atom is -0.471 e. The van der Waals surface area contributed by atoms with Crippen molar-refractivity contribution in [2.45, 2.75) is 93.7 Å². The van der Waals surface area contributed by atoms with Crippen LogP contribution in [-0.2, 0) is 24.4 Å². The first-order chi connectivity index (χ1) is 24.4. The molecular weight excluding hydrogens is 685 g/mol. The summed E-state index contributed by atoms with van der Waals surface area (Å²) in [6.07, 6.45) is 8.21. The Morgan fingerprint density at radius 2 is 1.94 bits per heavy atom. The number of aryl methyl sites for hydroxylation is 1. The number of fused-ring (bicyclic) bond motifs is 3. The van der Waals surface area contributed by atoms with Gasteiger partial charge >= 0.3 is 0 Å². The maximum atomic E-state index is 14.6. The van der Waals surface area contributed by atoms with E-state index < -0.39 is 74.4 Å². The molecule has 2 aliphatic heterocycles. The van der Waals surface area contributed by atoms with Gasteiger partial charge in [0, 0.05) is 18.4 Å². The van der Waals surface area contributed by atoms with Crippen molar-refractivity contribution >= 4 is 44.7 Å². The Morgan fingerprint density at radius 1 is 1.12 bits per heavy atom. The van der Waals surface area contributed by atoms with Crippen LogP contribution in [-0.4, -0.2) is 87.6 Å². The summed E-state index contributed by atoms with van der Waals surface area (Å²) in [4.78, 5) is 65.3. The molecule has 2 aliphatic carbocycles. The van der Waals surface area contributed by atoms with E-state index in [0.29, 0.717) is 36.9 Å². The molecule has 1 aromatic carbocycles. The van der Waals surface area contributed by atoms with Crippen molar-refractivity contribution in [1.82, 2.24) is 35.4 Å². The van der Waals surface area contributed by atoms with E-state index in [1.807, 2.05) is 12.2 Å². The molecule has 1 saturated heterocycles. The highest BCUT2D eigenvalue weighted by molar-refractivity contribution is 7.91. The molecule has 0 spiro atoms. The monoisotopic (exact) mass is 723 g/mol. The van der Waals surface area contributed by atoms with Gasteiger partial charge in [0.2, 0.25) is 27.7 Å². The lowest BCUT2D eigenvalue weighted by atomic mass is 10.0. The molecule has 4 aliphatic rings. The first-order valence-electron chi connectivity index (χ1n) is 17.1. The molecule has 3 aromatic rings. The van der Waals surface area contributed by atoms with Gasteiger partial charge in [-0.25, -0.2) is 22.8 Å². The van der Waals surface area contributed by atoms with Gasteiger partial charge in [-0.15, -0.1) is 0 Å². The zero-order valence-electron chi connectivity index (χ0n) is 27.8. The number of sulfonamides is 1. The standard InChI is InChI=1S/C34H38FN7O8S/c1-19-31(38-28-23(35)9-7-11-24(28)36-19)50-21-16-27-30(44)39-34(33(46)41-51(47,48)22-12-13-22)17-20(34)8-5-3-2-4-6-10-26(32(45)42(27)18-21)37-29(43)25-14-15-49-40-25/h5,7-9,11,14-15,20-22,26-27H,2-4,6,10,12-13,16-18H2,1H3,(H,37,43)(H,39,44)(H,41,46)/b8-5-/t20-,21-,26+,27+,34-/m1/s1. The summed E-state index contributed by atoms with van der Waals surface area (Å²) in [5, 5.41) is 8.57. The fraction of sp³-hybridized carbons (Fsp3) is 0.500. The highest BCUT2D eigenvalue weighted by Crippen LogP contribution is 2.46. The number of carbonyl (C=O) groups is 4. The SMILES string of the molecule is Cc1nc2cccc(F)c2nc1O[C@@H]1C[C@H]2C(=O)N[C@]3(C(=O)NS(=O)(=O)C4CC4)C[C@H]3/C=C\CCCCC[C@H](NC(=O)c3ccon3)C(=O)N2C1. The molecule has 15 nitrogen and oxygen atoms in total. The highest BCUT2D eigenvalue weighted by atomic mass is 32.2. The van der Waals surface area contributed by atoms with Crippen molar-refractivity contribution in [1.29, 1.82) is 0 Å². The molecule has 4 heterocycles. The van der Waals surface area contributed by atoms with Crippen LogP contribution in [0.4, 0.5) is 4.39 Å². The third kappa shape index (κ3) is 7.16. The van der Waals surface area contributed by atoms with Crippen LogP contribution in [0.15, 0.2) is 47.2 Å². The number of allylic oxidation sites excluding steroid dienone is 1. The second-order valence-electron chi connectivity index (χ2n) is 13.6. The molecule has 5 atom stereocenters. The van der Waals surface area contributed by atoms with E-state index in [2.05, 4.69) is 30.5 Å². The second kappa shape index (κ2) is 13.7. The molecular formula is C34H38FN7O8S. The van der Waals surface area contributed by atoms with Gasteiger partial charge in [-0.05, 0) is 57.6 Å². The highest BCUT2D eigenvalue weighted by Gasteiger charge is 2.62. The molecule has 2 saturated carbocycles. The number of rotatable bonds is 7. The van der Waals surface area contributed by atoms with Gasteiger partial charge < -0.3 is 24.8 Å². The van der Waals surface area contributed by atoms with Crippen molar-refractivity contribution in [3.05, 3.63) is 59.9 Å². The Bertz CT molecular complexity index is 2000. The maximum Gasteiger partial charge on any atom is 0.274 e. The van der Waals surface area contributed by atoms with E-state index in [0.717, 1.165) is 12.8 Å². The topological polar surface area (TPSA) is 203 Å². The van der Waals surface area contributed by atoms with Crippen LogP contribution in [0, 0.1) is 18.7 Å². The second-order valence-corrected chi connectivity index (χ2v) is 15.6. The fourth-order valence-electron chi connectivity index (χ4n) is 6.79. The molecule has 7 rings (SSSR count). The number of hydrogen-bond donors (Lipinski definition) is 3. The average Bonchev–Trinajstić information content (AvgIpc) is 3.95. The van der Waals surface area contributed by atoms with Crippen LogP contribution >= 0.6 is 0 Å². The quantitative estimate of drug-likeness (QED) is 0.302. The number of hydrogen-bond acceptors (Lipinski definition) is 11. The van der Waals surface area contributed by atoms with Crippen LogP contribution in [0.5, 0.6) is 5.88 Å². The van der Waals surface area contributed by atoms with E-state index in [-0.39, 0.29) is 42.9 Å². The molecule has 3 fully saturated rings. The Balaban J connectivity index is 1.20. The Hall–Kier alpha value is -4.93. The number of carbonyl (C=O) groups excluding carboxylic acids is 4. The Kier molecular flexibility index (Phi) is 9.24. The number of aromatic nitrogens is 3. The minimum atomic E-state index is -3.91. The fourth-order valence-corrected chi connectivity index (χ4v) is 8.16. The molecule has 4 amide bonds. The van der Waals surface area contributed by atoms with Crippen molar-refractivity contribution in [3.8, 4) is 5.88 Å². The Morgan fingerprint density at radius 3 is 2.71 bits per heavy atom. The summed E-state index contributed by atoms with van der Waals surface area (Å²) in [6, 6.07) is 3.53. The van der Waals surface area contributed by atoms with Crippen LogP contribution in [0.3, 0.4) is 0 Å². The number of ether oxygens (including phenoxy) is 1. The van der Waals surface area contributed by atoms with Crippen molar-refractivity contribution in [2.24, 2.45) is 5.92 Å². The summed E-state index contributed by atoms with van der Waals surface area (Å²) in [5.74, 6) is -3.73. The predicted octanol–water partition coefficient (Wildman–Crippen LogP) is 2.22. The van der Waals surface area contributed by atoms with E-state index >= 15 is 0 Å². The first kappa shape index (κ1) is 34.5. The average molecular weight is 724 g/mol. The zero-order valence-corrected chi connectivity index (χ0v) is 28.7. The van der Waals surface area contributed by atoms with Gasteiger partial charge in [0.05, 0.1) is 17.3 Å². The minimum absolute atomic E-state index is 0.00247. The lowest BCUT2D eigenvalue weighted by Crippen LogP contribution is -2.58. The van der Waals surface area contributed by atoms with Gasteiger partial charge in [-0.2, -0.15) is 0 Å². The van der Waals surface area contributed by atoms with Crippen LogP contribution in [0.25, 0.3) is 11.0 Å². The number of nitrogens with zero attached hydrogens (tertiary/aromatic N) is 4. The largest absolute Gasteiger partial charge is 0.471 e. The van der Waals surface area contributed by atoms with Crippen molar-refractivity contribution in [2.75, 3.05) is 6.54 Å². The molecule has 51 heavy (non-hydrogen) atoms. The third-order valence-electron chi connectivity index (χ3n) is 9.87. The van der Waals surface area contributed by atoms with Gasteiger partial charge in [0.15, 0.2) is 11.5 Å². The summed E-state index contributed by atoms with van der Waals surface area (Å²) >= 11 is 0. The maximum absolute atomic E-state index is 14.6. The zero-order chi connectivity index (χ0) is 35.9. The summed E-state index contributed by atoms with van der Waals surface area (Å²) in [6.45, 7) is 1.54. The van der Waals surface area contributed by atoms with Gasteiger partial charge in [0.1, 0.15) is 41.2 Å². The molecule has 2 aromatic heterocycles. The summed E-state index contributed by atoms with van der Waals surface area (Å²) < 4.78 is 53.3. The van der Waals surface area contributed by atoms with Gasteiger partial charge in [-0.1, -0.05) is 36.2 Å². The predicted molar refractivity (Wildman–Crippen MR) is 178 cm³/mol. The van der Waals surface area contributed by atoms with Crippen LogP contribution in [0.2, 0.25) is 0 Å². The molecule has 3 N–H and O–H groups in total. The van der Waals surface area contributed by atoms with Gasteiger partial charge in [0.25, 0.3) is 11.8 Å². The molecule has 0 bridgehead atoms. The number of nitrogens with one attached hydrogen (secondary N) is 3. The lowest BCUT2D eigenvalue weighted by molar-refractivity contribution is -0.141. The first-order valence-corrected chi connectivity index (χ1v) is 18.7. The summed E-state index contributed by atoms with van der Waals surface area (Å²) in [7, 11) is -3.91. The van der Waals surface area contributed by atoms with Crippen molar-refractivity contribution in [3.63, 3.8) is 0 Å². The normalized spacial score (nSPS) is 27.7. The molecule has 270 valence electrons. The number of para-hydroxylation sites is 1. The van der Waals surface area contributed by atoms with Crippen LogP contribution < -0.4 is 20.1 Å². The smallest absolute Gasteiger partial charge is 0.274 e. The van der Waals surface area contributed by atoms with Crippen LogP contribution in [0.1, 0.15) is 74.0 Å². The number of halogens is 1. The van der Waals surface area contributed by atoms with E-state index in [1.54, 1.807) is 13.0 Å². The number of amides is 4. The third-order valence-corrected chi connectivity index (χ3v) is 11.7. The molecule has 0 unspecified atom stereocenters. The van der Waals surface area contributed by atoms with E-state index in [4.69, 9.17) is 9.26 Å². The van der Waals surface area contributed by atoms with Crippen molar-refractivity contribution < 1.29 is 41.2 Å².